The van der Waals surface area contributed by atoms with Gasteiger partial charge in [-0.2, -0.15) is 0 Å². The minimum atomic E-state index is 0.308. The Morgan fingerprint density at radius 2 is 2.50 bits per heavy atom. The molecule has 1 aliphatic heterocycles. The lowest BCUT2D eigenvalue weighted by molar-refractivity contribution is 0.238. The van der Waals surface area contributed by atoms with E-state index in [0.29, 0.717) is 12.5 Å². The van der Waals surface area contributed by atoms with Crippen molar-refractivity contribution in [1.29, 1.82) is 0 Å². The fourth-order valence-corrected chi connectivity index (χ4v) is 1.95. The summed E-state index contributed by atoms with van der Waals surface area (Å²) in [6.07, 6.45) is 1.10. The Bertz CT molecular complexity index is 311. The van der Waals surface area contributed by atoms with E-state index in [0.717, 1.165) is 19.5 Å². The van der Waals surface area contributed by atoms with Crippen molar-refractivity contribution in [2.24, 2.45) is 5.92 Å². The molecule has 1 saturated heterocycles. The zero-order chi connectivity index (χ0) is 9.97. The second-order valence-corrected chi connectivity index (χ2v) is 4.03. The van der Waals surface area contributed by atoms with Crippen LogP contribution in [0.4, 0.5) is 5.69 Å². The Hall–Kier alpha value is -1.02. The van der Waals surface area contributed by atoms with Crippen LogP contribution < -0.4 is 4.90 Å². The molecule has 1 N–H and O–H groups in total. The minimum absolute atomic E-state index is 0.308. The van der Waals surface area contributed by atoms with Gasteiger partial charge in [0, 0.05) is 37.4 Å². The van der Waals surface area contributed by atoms with Crippen molar-refractivity contribution in [1.82, 2.24) is 0 Å². The van der Waals surface area contributed by atoms with E-state index in [1.165, 1.54) is 11.3 Å². The quantitative estimate of drug-likeness (QED) is 0.766. The van der Waals surface area contributed by atoms with Gasteiger partial charge in [-0.1, -0.05) is 12.1 Å². The number of aryl methyl sites for hydroxylation is 1. The molecule has 0 aromatic heterocycles. The summed E-state index contributed by atoms with van der Waals surface area (Å²) in [5.41, 5.74) is 2.44. The molecule has 0 aliphatic carbocycles. The fourth-order valence-electron chi connectivity index (χ4n) is 1.95. The van der Waals surface area contributed by atoms with E-state index < -0.39 is 0 Å². The van der Waals surface area contributed by atoms with Crippen molar-refractivity contribution < 1.29 is 5.11 Å². The molecule has 1 aromatic rings. The van der Waals surface area contributed by atoms with Gasteiger partial charge in [-0.3, -0.25) is 0 Å². The number of anilines is 1. The van der Waals surface area contributed by atoms with Crippen LogP contribution in [0.1, 0.15) is 12.0 Å². The first kappa shape index (κ1) is 9.53. The molecule has 0 saturated carbocycles. The molecule has 0 bridgehead atoms. The van der Waals surface area contributed by atoms with Gasteiger partial charge in [0.05, 0.1) is 0 Å². The highest BCUT2D eigenvalue weighted by Gasteiger charge is 2.21. The second-order valence-electron chi connectivity index (χ2n) is 4.03. The van der Waals surface area contributed by atoms with Crippen LogP contribution in [0.15, 0.2) is 18.2 Å². The lowest BCUT2D eigenvalue weighted by Gasteiger charge is -2.18. The summed E-state index contributed by atoms with van der Waals surface area (Å²) >= 11 is 0. The van der Waals surface area contributed by atoms with Gasteiger partial charge in [0.2, 0.25) is 0 Å². The normalized spacial score (nSPS) is 21.6. The highest BCUT2D eigenvalue weighted by atomic mass is 16.3. The second kappa shape index (κ2) is 4.01. The summed E-state index contributed by atoms with van der Waals surface area (Å²) in [6.45, 7) is 4.42. The number of aliphatic hydroxyl groups is 1. The van der Waals surface area contributed by atoms with Gasteiger partial charge < -0.3 is 10.0 Å². The molecule has 1 aliphatic rings. The van der Waals surface area contributed by atoms with Crippen LogP contribution >= 0.6 is 0 Å². The van der Waals surface area contributed by atoms with E-state index in [9.17, 15) is 0 Å². The molecule has 1 atom stereocenters. The van der Waals surface area contributed by atoms with Crippen molar-refractivity contribution >= 4 is 5.69 Å². The van der Waals surface area contributed by atoms with Gasteiger partial charge in [-0.25, -0.2) is 0 Å². The summed E-state index contributed by atoms with van der Waals surface area (Å²) in [5, 5.41) is 9.05. The van der Waals surface area contributed by atoms with Crippen LogP contribution in [0, 0.1) is 18.9 Å². The predicted molar refractivity (Wildman–Crippen MR) is 57.4 cm³/mol. The van der Waals surface area contributed by atoms with E-state index in [4.69, 9.17) is 5.11 Å². The van der Waals surface area contributed by atoms with Crippen LogP contribution in [0.25, 0.3) is 0 Å². The summed E-state index contributed by atoms with van der Waals surface area (Å²) in [5.74, 6) is 0.448. The lowest BCUT2D eigenvalue weighted by atomic mass is 10.1. The molecule has 75 valence electrons. The van der Waals surface area contributed by atoms with E-state index in [2.05, 4.69) is 30.0 Å². The van der Waals surface area contributed by atoms with Crippen molar-refractivity contribution in [2.45, 2.75) is 13.3 Å². The Morgan fingerprint density at radius 3 is 3.14 bits per heavy atom. The number of nitrogens with zero attached hydrogens (tertiary/aromatic N) is 1. The van der Waals surface area contributed by atoms with E-state index >= 15 is 0 Å². The molecule has 0 unspecified atom stereocenters. The topological polar surface area (TPSA) is 23.5 Å². The Kier molecular flexibility index (Phi) is 2.73. The zero-order valence-electron chi connectivity index (χ0n) is 8.53. The van der Waals surface area contributed by atoms with Crippen LogP contribution in [0.5, 0.6) is 0 Å². The molecule has 2 heteroatoms. The van der Waals surface area contributed by atoms with Crippen molar-refractivity contribution in [2.75, 3.05) is 24.6 Å². The number of hydrogen-bond donors (Lipinski definition) is 1. The average molecular weight is 190 g/mol. The maximum Gasteiger partial charge on any atom is 0.0476 e. The molecule has 1 fully saturated rings. The molecular weight excluding hydrogens is 174 g/mol. The molecule has 0 amide bonds. The van der Waals surface area contributed by atoms with Gasteiger partial charge in [0.15, 0.2) is 0 Å². The Labute approximate surface area is 85.2 Å². The highest BCUT2D eigenvalue weighted by Crippen LogP contribution is 2.23. The zero-order valence-corrected chi connectivity index (χ0v) is 8.53. The van der Waals surface area contributed by atoms with Gasteiger partial charge in [-0.15, -0.1) is 0 Å². The van der Waals surface area contributed by atoms with E-state index in [1.807, 2.05) is 6.07 Å². The van der Waals surface area contributed by atoms with Crippen LogP contribution in [0.2, 0.25) is 0 Å². The third-order valence-electron chi connectivity index (χ3n) is 2.83. The summed E-state index contributed by atoms with van der Waals surface area (Å²) < 4.78 is 0. The smallest absolute Gasteiger partial charge is 0.0476 e. The summed E-state index contributed by atoms with van der Waals surface area (Å²) in [6, 6.07) is 9.42. The first-order chi connectivity index (χ1) is 6.79. The molecule has 2 nitrogen and oxygen atoms in total. The summed E-state index contributed by atoms with van der Waals surface area (Å²) in [7, 11) is 0. The van der Waals surface area contributed by atoms with Crippen molar-refractivity contribution in [3.63, 3.8) is 0 Å². The largest absolute Gasteiger partial charge is 0.396 e. The van der Waals surface area contributed by atoms with Crippen LogP contribution in [0.3, 0.4) is 0 Å². The number of hydrogen-bond acceptors (Lipinski definition) is 2. The SMILES string of the molecule is Cc1cc[c]c(N2CC[C@H](CO)C2)c1. The third-order valence-corrected chi connectivity index (χ3v) is 2.83. The van der Waals surface area contributed by atoms with Crippen molar-refractivity contribution in [3.8, 4) is 0 Å². The number of rotatable bonds is 2. The van der Waals surface area contributed by atoms with Gasteiger partial charge >= 0.3 is 0 Å². The molecule has 1 aromatic carbocycles. The first-order valence-electron chi connectivity index (χ1n) is 5.14. The Morgan fingerprint density at radius 1 is 1.64 bits per heavy atom. The summed E-state index contributed by atoms with van der Waals surface area (Å²) in [4.78, 5) is 2.30. The average Bonchev–Trinajstić information content (AvgIpc) is 2.66. The third kappa shape index (κ3) is 1.90. The standard InChI is InChI=1S/C12H16NO/c1-10-3-2-4-12(7-10)13-6-5-11(8-13)9-14/h2-3,7,11,14H,5-6,8-9H2,1H3/t11-/m0/s1. The maximum atomic E-state index is 9.05. The molecule has 0 spiro atoms. The van der Waals surface area contributed by atoms with Crippen molar-refractivity contribution in [3.05, 3.63) is 29.8 Å². The predicted octanol–water partition coefficient (Wildman–Crippen LogP) is 1.61. The minimum Gasteiger partial charge on any atom is -0.396 e. The first-order valence-corrected chi connectivity index (χ1v) is 5.14. The highest BCUT2D eigenvalue weighted by molar-refractivity contribution is 5.48. The monoisotopic (exact) mass is 190 g/mol. The fraction of sp³-hybridized carbons (Fsp3) is 0.500. The van der Waals surface area contributed by atoms with Gasteiger partial charge in [-0.05, 0) is 25.0 Å². The molecular formula is C12H16NO. The Balaban J connectivity index is 2.09. The molecule has 14 heavy (non-hydrogen) atoms. The maximum absolute atomic E-state index is 9.05. The van der Waals surface area contributed by atoms with E-state index in [-0.39, 0.29) is 0 Å². The van der Waals surface area contributed by atoms with Gasteiger partial charge in [0.25, 0.3) is 0 Å². The lowest BCUT2D eigenvalue weighted by Crippen LogP contribution is -2.20. The van der Waals surface area contributed by atoms with Crippen LogP contribution in [-0.4, -0.2) is 24.8 Å². The number of benzene rings is 1. The molecule has 2 rings (SSSR count). The van der Waals surface area contributed by atoms with Gasteiger partial charge in [0.1, 0.15) is 0 Å². The number of aliphatic hydroxyl groups excluding tert-OH is 1. The molecule has 1 heterocycles. The van der Waals surface area contributed by atoms with Crippen LogP contribution in [-0.2, 0) is 0 Å². The molecule has 1 radical (unpaired) electrons. The van der Waals surface area contributed by atoms with E-state index in [1.54, 1.807) is 0 Å².